The van der Waals surface area contributed by atoms with Crippen LogP contribution in [-0.4, -0.2) is 16.1 Å². The van der Waals surface area contributed by atoms with Gasteiger partial charge >= 0.3 is 5.97 Å². The number of aromatic nitrogens is 1. The Labute approximate surface area is 100 Å². The number of carboxylic acids is 1. The molecular weight excluding hydrogens is 248 g/mol. The third kappa shape index (κ3) is 2.00. The Bertz CT molecular complexity index is 554. The molecule has 0 saturated carbocycles. The zero-order chi connectivity index (χ0) is 11.7. The van der Waals surface area contributed by atoms with Crippen LogP contribution in [0.3, 0.4) is 0 Å². The second kappa shape index (κ2) is 4.11. The Balaban J connectivity index is 2.51. The lowest BCUT2D eigenvalue weighted by Crippen LogP contribution is -2.05. The van der Waals surface area contributed by atoms with Crippen molar-refractivity contribution in [3.05, 3.63) is 34.3 Å². The molecule has 2 heterocycles. The lowest BCUT2D eigenvalue weighted by molar-refractivity contribution is 0.0692. The molecule has 3 N–H and O–H groups in total. The van der Waals surface area contributed by atoms with Crippen molar-refractivity contribution in [1.82, 2.24) is 4.98 Å². The number of rotatable bonds is 2. The number of nitrogens with zero attached hydrogens (tertiary/aromatic N) is 1. The summed E-state index contributed by atoms with van der Waals surface area (Å²) >= 11 is 7.13. The standard InChI is InChI=1S/C10H7ClN2O2S/c11-8-4-3-7(16-8)6-2-1-5(12)9(13-6)10(14)15/h1-4H,12H2,(H,14,15). The van der Waals surface area contributed by atoms with E-state index in [0.717, 1.165) is 4.88 Å². The van der Waals surface area contributed by atoms with Gasteiger partial charge in [-0.2, -0.15) is 0 Å². The van der Waals surface area contributed by atoms with E-state index < -0.39 is 5.97 Å². The van der Waals surface area contributed by atoms with Crippen molar-refractivity contribution in [1.29, 1.82) is 0 Å². The summed E-state index contributed by atoms with van der Waals surface area (Å²) in [6, 6.07) is 6.72. The van der Waals surface area contributed by atoms with Crippen LogP contribution >= 0.6 is 22.9 Å². The number of hydrogen-bond donors (Lipinski definition) is 2. The number of thiophene rings is 1. The Hall–Kier alpha value is -1.59. The van der Waals surface area contributed by atoms with E-state index in [4.69, 9.17) is 22.4 Å². The second-order valence-electron chi connectivity index (χ2n) is 3.04. The van der Waals surface area contributed by atoms with Gasteiger partial charge in [0.05, 0.1) is 20.6 Å². The molecule has 82 valence electrons. The van der Waals surface area contributed by atoms with Crippen LogP contribution in [0, 0.1) is 0 Å². The predicted octanol–water partition coefficient (Wildman–Crippen LogP) is 2.74. The first-order valence-electron chi connectivity index (χ1n) is 4.33. The lowest BCUT2D eigenvalue weighted by Gasteiger charge is -2.02. The molecule has 6 heteroatoms. The maximum Gasteiger partial charge on any atom is 0.356 e. The van der Waals surface area contributed by atoms with Crippen molar-refractivity contribution >= 4 is 34.6 Å². The largest absolute Gasteiger partial charge is 0.476 e. The fraction of sp³-hybridized carbons (Fsp3) is 0. The number of anilines is 1. The SMILES string of the molecule is Nc1ccc(-c2ccc(Cl)s2)nc1C(=O)O. The number of nitrogens with two attached hydrogens (primary N) is 1. The summed E-state index contributed by atoms with van der Waals surface area (Å²) in [5.41, 5.74) is 6.08. The Morgan fingerprint density at radius 1 is 1.38 bits per heavy atom. The molecular formula is C10H7ClN2O2S. The van der Waals surface area contributed by atoms with Crippen LogP contribution in [0.4, 0.5) is 5.69 Å². The molecule has 0 fully saturated rings. The average Bonchev–Trinajstić information content (AvgIpc) is 2.65. The molecule has 0 aliphatic rings. The van der Waals surface area contributed by atoms with Gasteiger partial charge in [0.25, 0.3) is 0 Å². The van der Waals surface area contributed by atoms with Crippen molar-refractivity contribution < 1.29 is 9.90 Å². The van der Waals surface area contributed by atoms with Crippen LogP contribution in [0.5, 0.6) is 0 Å². The number of hydrogen-bond acceptors (Lipinski definition) is 4. The number of pyridine rings is 1. The smallest absolute Gasteiger partial charge is 0.356 e. The van der Waals surface area contributed by atoms with E-state index in [1.54, 1.807) is 18.2 Å². The minimum absolute atomic E-state index is 0.137. The summed E-state index contributed by atoms with van der Waals surface area (Å²) in [6.07, 6.45) is 0. The quantitative estimate of drug-likeness (QED) is 0.864. The van der Waals surface area contributed by atoms with E-state index in [2.05, 4.69) is 4.98 Å². The molecule has 2 aromatic rings. The highest BCUT2D eigenvalue weighted by Gasteiger charge is 2.12. The Kier molecular flexibility index (Phi) is 2.80. The minimum atomic E-state index is -1.14. The summed E-state index contributed by atoms with van der Waals surface area (Å²) in [5.74, 6) is -1.14. The van der Waals surface area contributed by atoms with Gasteiger partial charge in [-0.1, -0.05) is 11.6 Å². The first kappa shape index (κ1) is 10.9. The number of nitrogen functional groups attached to an aromatic ring is 1. The number of carbonyl (C=O) groups is 1. The summed E-state index contributed by atoms with van der Waals surface area (Å²) in [6.45, 7) is 0. The molecule has 0 unspecified atom stereocenters. The van der Waals surface area contributed by atoms with Crippen molar-refractivity contribution in [2.45, 2.75) is 0 Å². The molecule has 0 bridgehead atoms. The summed E-state index contributed by atoms with van der Waals surface area (Å²) < 4.78 is 0.630. The highest BCUT2D eigenvalue weighted by Crippen LogP contribution is 2.30. The van der Waals surface area contributed by atoms with Gasteiger partial charge in [0.2, 0.25) is 0 Å². The monoisotopic (exact) mass is 254 g/mol. The average molecular weight is 255 g/mol. The molecule has 0 atom stereocenters. The van der Waals surface area contributed by atoms with Crippen LogP contribution in [0.25, 0.3) is 10.6 Å². The Morgan fingerprint density at radius 3 is 2.69 bits per heavy atom. The molecule has 0 aromatic carbocycles. The van der Waals surface area contributed by atoms with Gasteiger partial charge in [0.1, 0.15) is 0 Å². The lowest BCUT2D eigenvalue weighted by atomic mass is 10.2. The van der Waals surface area contributed by atoms with Gasteiger partial charge in [-0.3, -0.25) is 0 Å². The molecule has 2 rings (SSSR count). The molecule has 0 spiro atoms. The molecule has 0 aliphatic carbocycles. The first-order chi connectivity index (χ1) is 7.58. The fourth-order valence-corrected chi connectivity index (χ4v) is 2.24. The van der Waals surface area contributed by atoms with Gasteiger partial charge in [-0.15, -0.1) is 11.3 Å². The zero-order valence-corrected chi connectivity index (χ0v) is 9.55. The van der Waals surface area contributed by atoms with Crippen LogP contribution in [0.2, 0.25) is 4.34 Å². The topological polar surface area (TPSA) is 76.2 Å². The van der Waals surface area contributed by atoms with Gasteiger partial charge in [0.15, 0.2) is 5.69 Å². The van der Waals surface area contributed by atoms with Crippen molar-refractivity contribution in [3.8, 4) is 10.6 Å². The van der Waals surface area contributed by atoms with Crippen LogP contribution < -0.4 is 5.73 Å². The summed E-state index contributed by atoms with van der Waals surface area (Å²) in [7, 11) is 0. The van der Waals surface area contributed by atoms with Gasteiger partial charge in [-0.25, -0.2) is 9.78 Å². The van der Waals surface area contributed by atoms with Crippen molar-refractivity contribution in [2.75, 3.05) is 5.73 Å². The molecule has 0 radical (unpaired) electrons. The molecule has 16 heavy (non-hydrogen) atoms. The van der Waals surface area contributed by atoms with E-state index in [1.807, 2.05) is 0 Å². The van der Waals surface area contributed by atoms with E-state index in [1.165, 1.54) is 17.4 Å². The van der Waals surface area contributed by atoms with Gasteiger partial charge < -0.3 is 10.8 Å². The Morgan fingerprint density at radius 2 is 2.12 bits per heavy atom. The third-order valence-corrected chi connectivity index (χ3v) is 3.21. The molecule has 0 amide bonds. The normalized spacial score (nSPS) is 10.3. The molecule has 4 nitrogen and oxygen atoms in total. The maximum absolute atomic E-state index is 10.8. The van der Waals surface area contributed by atoms with Crippen LogP contribution in [0.1, 0.15) is 10.5 Å². The minimum Gasteiger partial charge on any atom is -0.476 e. The molecule has 0 aliphatic heterocycles. The van der Waals surface area contributed by atoms with E-state index in [-0.39, 0.29) is 11.4 Å². The fourth-order valence-electron chi connectivity index (χ4n) is 1.23. The predicted molar refractivity (Wildman–Crippen MR) is 63.9 cm³/mol. The van der Waals surface area contributed by atoms with E-state index >= 15 is 0 Å². The zero-order valence-electron chi connectivity index (χ0n) is 7.98. The van der Waals surface area contributed by atoms with E-state index in [9.17, 15) is 4.79 Å². The van der Waals surface area contributed by atoms with Gasteiger partial charge in [-0.05, 0) is 24.3 Å². The third-order valence-electron chi connectivity index (χ3n) is 1.95. The molecule has 0 saturated heterocycles. The highest BCUT2D eigenvalue weighted by atomic mass is 35.5. The van der Waals surface area contributed by atoms with Crippen molar-refractivity contribution in [2.24, 2.45) is 0 Å². The molecule has 2 aromatic heterocycles. The number of carboxylic acid groups (broad SMARTS) is 1. The first-order valence-corrected chi connectivity index (χ1v) is 5.53. The van der Waals surface area contributed by atoms with Crippen LogP contribution in [0.15, 0.2) is 24.3 Å². The second-order valence-corrected chi connectivity index (χ2v) is 4.76. The van der Waals surface area contributed by atoms with E-state index in [0.29, 0.717) is 10.0 Å². The summed E-state index contributed by atoms with van der Waals surface area (Å²) in [4.78, 5) is 15.6. The van der Waals surface area contributed by atoms with Crippen LogP contribution in [-0.2, 0) is 0 Å². The highest BCUT2D eigenvalue weighted by molar-refractivity contribution is 7.19. The summed E-state index contributed by atoms with van der Waals surface area (Å²) in [5, 5.41) is 8.88. The van der Waals surface area contributed by atoms with Crippen molar-refractivity contribution in [3.63, 3.8) is 0 Å². The number of aromatic carboxylic acids is 1. The maximum atomic E-state index is 10.8. The van der Waals surface area contributed by atoms with Gasteiger partial charge in [0, 0.05) is 0 Å². The number of halogens is 1.